The van der Waals surface area contributed by atoms with Crippen molar-refractivity contribution in [3.05, 3.63) is 58.6 Å². The topological polar surface area (TPSA) is 54.0 Å². The highest BCUT2D eigenvalue weighted by Gasteiger charge is 2.12. The Morgan fingerprint density at radius 1 is 1.04 bits per heavy atom. The van der Waals surface area contributed by atoms with Crippen molar-refractivity contribution in [3.63, 3.8) is 0 Å². The van der Waals surface area contributed by atoms with Crippen LogP contribution in [0.2, 0.25) is 5.02 Å². The molecule has 0 aromatic heterocycles. The van der Waals surface area contributed by atoms with Crippen LogP contribution < -0.4 is 14.2 Å². The molecule has 0 aliphatic rings. The molecule has 0 heterocycles. The van der Waals surface area contributed by atoms with Gasteiger partial charge in [-0.25, -0.2) is 4.79 Å². The van der Waals surface area contributed by atoms with E-state index in [1.807, 2.05) is 12.1 Å². The number of rotatable bonds is 7. The molecule has 5 nitrogen and oxygen atoms in total. The molecule has 0 fully saturated rings. The van der Waals surface area contributed by atoms with Crippen LogP contribution >= 0.6 is 11.6 Å². The molecule has 0 radical (unpaired) electrons. The second-order valence-electron chi connectivity index (χ2n) is 4.99. The van der Waals surface area contributed by atoms with E-state index in [1.165, 1.54) is 27.4 Å². The fourth-order valence-corrected chi connectivity index (χ4v) is 2.36. The fraction of sp³-hybridized carbons (Fsp3) is 0.211. The van der Waals surface area contributed by atoms with Crippen molar-refractivity contribution in [2.75, 3.05) is 21.3 Å². The molecule has 2 aromatic carbocycles. The van der Waals surface area contributed by atoms with Crippen LogP contribution in [0.3, 0.4) is 0 Å². The molecular weight excluding hydrogens is 344 g/mol. The highest BCUT2D eigenvalue weighted by Crippen LogP contribution is 2.38. The van der Waals surface area contributed by atoms with E-state index >= 15 is 0 Å². The first-order chi connectivity index (χ1) is 12.1. The molecule has 6 heteroatoms. The van der Waals surface area contributed by atoms with Crippen LogP contribution in [-0.2, 0) is 16.1 Å². The smallest absolute Gasteiger partial charge is 0.331 e. The van der Waals surface area contributed by atoms with E-state index in [0.29, 0.717) is 27.8 Å². The molecule has 2 rings (SSSR count). The molecule has 0 bridgehead atoms. The number of carbonyl (C=O) groups is 1. The minimum absolute atomic E-state index is 0.109. The monoisotopic (exact) mass is 362 g/mol. The maximum Gasteiger partial charge on any atom is 0.331 e. The molecule has 0 aliphatic heterocycles. The van der Waals surface area contributed by atoms with Gasteiger partial charge in [0.05, 0.1) is 21.3 Å². The summed E-state index contributed by atoms with van der Waals surface area (Å²) in [6.07, 6.45) is 2.94. The summed E-state index contributed by atoms with van der Waals surface area (Å²) in [5, 5.41) is 0.559. The minimum atomic E-state index is -0.478. The first-order valence-electron chi connectivity index (χ1n) is 7.47. The molecule has 0 aliphatic carbocycles. The third-order valence-electron chi connectivity index (χ3n) is 3.43. The van der Waals surface area contributed by atoms with E-state index in [9.17, 15) is 4.79 Å². The van der Waals surface area contributed by atoms with Crippen LogP contribution in [0.1, 0.15) is 11.1 Å². The van der Waals surface area contributed by atoms with Crippen LogP contribution in [0, 0.1) is 0 Å². The van der Waals surface area contributed by atoms with E-state index in [-0.39, 0.29) is 6.61 Å². The third kappa shape index (κ3) is 4.90. The van der Waals surface area contributed by atoms with E-state index in [2.05, 4.69) is 0 Å². The molecule has 0 atom stereocenters. The number of hydrogen-bond donors (Lipinski definition) is 0. The molecule has 0 spiro atoms. The van der Waals surface area contributed by atoms with E-state index in [1.54, 1.807) is 30.3 Å². The first kappa shape index (κ1) is 18.7. The quantitative estimate of drug-likeness (QED) is 0.547. The number of carbonyl (C=O) groups excluding carboxylic acids is 1. The van der Waals surface area contributed by atoms with Gasteiger partial charge >= 0.3 is 5.97 Å². The van der Waals surface area contributed by atoms with Gasteiger partial charge in [0, 0.05) is 16.7 Å². The first-order valence-corrected chi connectivity index (χ1v) is 7.85. The Balaban J connectivity index is 2.08. The van der Waals surface area contributed by atoms with Crippen molar-refractivity contribution < 1.29 is 23.7 Å². The van der Waals surface area contributed by atoms with Gasteiger partial charge in [0.25, 0.3) is 0 Å². The maximum atomic E-state index is 11.9. The van der Waals surface area contributed by atoms with Gasteiger partial charge in [0.15, 0.2) is 11.5 Å². The van der Waals surface area contributed by atoms with Crippen LogP contribution in [-0.4, -0.2) is 27.3 Å². The van der Waals surface area contributed by atoms with Crippen LogP contribution in [0.5, 0.6) is 17.2 Å². The summed E-state index contributed by atoms with van der Waals surface area (Å²) < 4.78 is 21.0. The number of ether oxygens (including phenoxy) is 4. The molecular formula is C19H19ClO5. The summed E-state index contributed by atoms with van der Waals surface area (Å²) in [5.41, 5.74) is 1.46. The van der Waals surface area contributed by atoms with Crippen LogP contribution in [0.15, 0.2) is 42.5 Å². The summed E-state index contributed by atoms with van der Waals surface area (Å²) in [5.74, 6) is 1.02. The van der Waals surface area contributed by atoms with Crippen molar-refractivity contribution in [1.29, 1.82) is 0 Å². The predicted molar refractivity (Wildman–Crippen MR) is 96.4 cm³/mol. The van der Waals surface area contributed by atoms with Gasteiger partial charge < -0.3 is 18.9 Å². The summed E-state index contributed by atoms with van der Waals surface area (Å²) in [4.78, 5) is 11.9. The van der Waals surface area contributed by atoms with Crippen molar-refractivity contribution in [2.24, 2.45) is 0 Å². The maximum absolute atomic E-state index is 11.9. The highest BCUT2D eigenvalue weighted by atomic mass is 35.5. The zero-order valence-corrected chi connectivity index (χ0v) is 15.0. The molecule has 0 unspecified atom stereocenters. The second kappa shape index (κ2) is 8.99. The lowest BCUT2D eigenvalue weighted by Crippen LogP contribution is -2.01. The molecule has 132 valence electrons. The van der Waals surface area contributed by atoms with Crippen molar-refractivity contribution >= 4 is 23.6 Å². The Morgan fingerprint density at radius 3 is 2.24 bits per heavy atom. The van der Waals surface area contributed by atoms with Crippen LogP contribution in [0.25, 0.3) is 6.08 Å². The molecule has 0 amide bonds. The predicted octanol–water partition coefficient (Wildman–Crippen LogP) is 4.12. The van der Waals surface area contributed by atoms with E-state index < -0.39 is 5.97 Å². The Labute approximate surface area is 151 Å². The Bertz CT molecular complexity index is 745. The van der Waals surface area contributed by atoms with Crippen LogP contribution in [0.4, 0.5) is 0 Å². The van der Waals surface area contributed by atoms with Crippen molar-refractivity contribution in [2.45, 2.75) is 6.61 Å². The number of esters is 1. The highest BCUT2D eigenvalue weighted by molar-refractivity contribution is 6.31. The van der Waals surface area contributed by atoms with Gasteiger partial charge in [-0.2, -0.15) is 0 Å². The van der Waals surface area contributed by atoms with E-state index in [4.69, 9.17) is 30.5 Å². The van der Waals surface area contributed by atoms with E-state index in [0.717, 1.165) is 5.56 Å². The largest absolute Gasteiger partial charge is 0.493 e. The average Bonchev–Trinajstić information content (AvgIpc) is 2.64. The van der Waals surface area contributed by atoms with Gasteiger partial charge in [0.2, 0.25) is 5.75 Å². The SMILES string of the molecule is COc1cc(C=CC(=O)OCc2ccccc2Cl)cc(OC)c1OC. The summed E-state index contributed by atoms with van der Waals surface area (Å²) in [7, 11) is 4.59. The normalized spacial score (nSPS) is 10.6. The van der Waals surface area contributed by atoms with Gasteiger partial charge in [-0.3, -0.25) is 0 Å². The zero-order chi connectivity index (χ0) is 18.2. The van der Waals surface area contributed by atoms with Gasteiger partial charge in [-0.15, -0.1) is 0 Å². The third-order valence-corrected chi connectivity index (χ3v) is 3.80. The molecule has 25 heavy (non-hydrogen) atoms. The summed E-state index contributed by atoms with van der Waals surface area (Å²) in [6.45, 7) is 0.109. The summed E-state index contributed by atoms with van der Waals surface area (Å²) >= 11 is 6.03. The van der Waals surface area contributed by atoms with Crippen molar-refractivity contribution in [3.8, 4) is 17.2 Å². The lowest BCUT2D eigenvalue weighted by molar-refractivity contribution is -0.138. The number of halogens is 1. The number of methoxy groups -OCH3 is 3. The second-order valence-corrected chi connectivity index (χ2v) is 5.40. The molecule has 0 saturated heterocycles. The standard InChI is InChI=1S/C19H19ClO5/c1-22-16-10-13(11-17(23-2)19(16)24-3)8-9-18(21)25-12-14-6-4-5-7-15(14)20/h4-11H,12H2,1-3H3. The number of benzene rings is 2. The Hall–Kier alpha value is -2.66. The lowest BCUT2D eigenvalue weighted by Gasteiger charge is -2.12. The zero-order valence-electron chi connectivity index (χ0n) is 14.2. The molecule has 0 N–H and O–H groups in total. The summed E-state index contributed by atoms with van der Waals surface area (Å²) in [6, 6.07) is 10.7. The van der Waals surface area contributed by atoms with Gasteiger partial charge in [0.1, 0.15) is 6.61 Å². The van der Waals surface area contributed by atoms with Gasteiger partial charge in [-0.1, -0.05) is 29.8 Å². The molecule has 0 saturated carbocycles. The Kier molecular flexibility index (Phi) is 6.71. The van der Waals surface area contributed by atoms with Crippen molar-refractivity contribution in [1.82, 2.24) is 0 Å². The number of hydrogen-bond acceptors (Lipinski definition) is 5. The van der Waals surface area contributed by atoms with Gasteiger partial charge in [-0.05, 0) is 29.8 Å². The average molecular weight is 363 g/mol. The minimum Gasteiger partial charge on any atom is -0.493 e. The lowest BCUT2D eigenvalue weighted by atomic mass is 10.1. The molecule has 2 aromatic rings. The Morgan fingerprint density at radius 2 is 1.68 bits per heavy atom. The fourth-order valence-electron chi connectivity index (χ4n) is 2.17.